The zero-order valence-electron chi connectivity index (χ0n) is 12.1. The SMILES string of the molecule is O.O.O=C(O)c1cc(-c2ccccc2)nc2ccccc12.[Na]. The summed E-state index contributed by atoms with van der Waals surface area (Å²) in [5.74, 6) is -0.934. The van der Waals surface area contributed by atoms with Gasteiger partial charge in [-0.2, -0.15) is 0 Å². The van der Waals surface area contributed by atoms with Crippen LogP contribution in [0.3, 0.4) is 0 Å². The Morgan fingerprint density at radius 1 is 0.909 bits per heavy atom. The summed E-state index contributed by atoms with van der Waals surface area (Å²) >= 11 is 0. The molecular weight excluding hydrogens is 293 g/mol. The van der Waals surface area contributed by atoms with Gasteiger partial charge in [-0.3, -0.25) is 0 Å². The van der Waals surface area contributed by atoms with Crippen LogP contribution in [-0.2, 0) is 0 Å². The smallest absolute Gasteiger partial charge is 0.336 e. The van der Waals surface area contributed by atoms with Crippen molar-refractivity contribution in [2.45, 2.75) is 0 Å². The molecule has 22 heavy (non-hydrogen) atoms. The van der Waals surface area contributed by atoms with Crippen molar-refractivity contribution in [3.05, 3.63) is 66.2 Å². The molecule has 0 aliphatic rings. The first-order valence-corrected chi connectivity index (χ1v) is 5.94. The van der Waals surface area contributed by atoms with Crippen LogP contribution in [0.4, 0.5) is 0 Å². The third-order valence-corrected chi connectivity index (χ3v) is 3.02. The number of carbonyl (C=O) groups is 1. The number of nitrogens with zero attached hydrogens (tertiary/aromatic N) is 1. The van der Waals surface area contributed by atoms with Gasteiger partial charge in [0.15, 0.2) is 0 Å². The molecule has 109 valence electrons. The molecule has 2 aromatic carbocycles. The maximum Gasteiger partial charge on any atom is 0.336 e. The van der Waals surface area contributed by atoms with Crippen LogP contribution >= 0.6 is 0 Å². The number of rotatable bonds is 2. The normalized spacial score (nSPS) is 9.09. The van der Waals surface area contributed by atoms with Crippen molar-refractivity contribution in [2.24, 2.45) is 0 Å². The zero-order chi connectivity index (χ0) is 13.2. The van der Waals surface area contributed by atoms with Crippen molar-refractivity contribution in [3.8, 4) is 11.3 Å². The number of carboxylic acids is 1. The van der Waals surface area contributed by atoms with E-state index < -0.39 is 5.97 Å². The summed E-state index contributed by atoms with van der Waals surface area (Å²) in [4.78, 5) is 15.9. The maximum absolute atomic E-state index is 11.4. The van der Waals surface area contributed by atoms with Crippen molar-refractivity contribution in [2.75, 3.05) is 0 Å². The Kier molecular flexibility index (Phi) is 7.94. The average molecular weight is 308 g/mol. The van der Waals surface area contributed by atoms with Crippen molar-refractivity contribution in [1.82, 2.24) is 4.98 Å². The van der Waals surface area contributed by atoms with Gasteiger partial charge < -0.3 is 16.1 Å². The van der Waals surface area contributed by atoms with Gasteiger partial charge >= 0.3 is 5.97 Å². The standard InChI is InChI=1S/C16H11NO2.Na.2H2O/c18-16(19)13-10-15(11-6-2-1-3-7-11)17-14-9-5-4-8-12(13)14;;;/h1-10H,(H,18,19);;2*1H2. The van der Waals surface area contributed by atoms with Gasteiger partial charge in [0, 0.05) is 40.5 Å². The molecule has 0 aliphatic heterocycles. The van der Waals surface area contributed by atoms with Crippen molar-refractivity contribution in [1.29, 1.82) is 0 Å². The first-order chi connectivity index (χ1) is 9.25. The fourth-order valence-electron chi connectivity index (χ4n) is 2.11. The van der Waals surface area contributed by atoms with Crippen LogP contribution in [-0.4, -0.2) is 56.6 Å². The molecule has 3 rings (SSSR count). The number of hydrogen-bond donors (Lipinski definition) is 1. The van der Waals surface area contributed by atoms with E-state index in [1.165, 1.54) is 0 Å². The second-order valence-corrected chi connectivity index (χ2v) is 4.24. The predicted octanol–water partition coefficient (Wildman–Crippen LogP) is 1.57. The second-order valence-electron chi connectivity index (χ2n) is 4.24. The molecule has 0 amide bonds. The maximum atomic E-state index is 11.4. The minimum atomic E-state index is -0.934. The van der Waals surface area contributed by atoms with Crippen molar-refractivity contribution < 1.29 is 20.9 Å². The van der Waals surface area contributed by atoms with Gasteiger partial charge in [-0.15, -0.1) is 0 Å². The molecule has 0 fully saturated rings. The summed E-state index contributed by atoms with van der Waals surface area (Å²) in [6, 6.07) is 18.5. The zero-order valence-corrected chi connectivity index (χ0v) is 14.1. The van der Waals surface area contributed by atoms with Crippen LogP contribution in [0.2, 0.25) is 0 Å². The molecule has 1 radical (unpaired) electrons. The fraction of sp³-hybridized carbons (Fsp3) is 0. The molecule has 0 saturated carbocycles. The van der Waals surface area contributed by atoms with E-state index in [4.69, 9.17) is 0 Å². The van der Waals surface area contributed by atoms with Crippen LogP contribution < -0.4 is 0 Å². The summed E-state index contributed by atoms with van der Waals surface area (Å²) in [5, 5.41) is 9.99. The number of carboxylic acid groups (broad SMARTS) is 1. The summed E-state index contributed by atoms with van der Waals surface area (Å²) in [6.07, 6.45) is 0. The van der Waals surface area contributed by atoms with Gasteiger partial charge in [-0.25, -0.2) is 9.78 Å². The van der Waals surface area contributed by atoms with Crippen LogP contribution in [0, 0.1) is 0 Å². The number of pyridine rings is 1. The monoisotopic (exact) mass is 308 g/mol. The van der Waals surface area contributed by atoms with E-state index in [1.807, 2.05) is 48.5 Å². The van der Waals surface area contributed by atoms with E-state index in [1.54, 1.807) is 12.1 Å². The molecule has 0 atom stereocenters. The van der Waals surface area contributed by atoms with Gasteiger partial charge in [0.25, 0.3) is 0 Å². The summed E-state index contributed by atoms with van der Waals surface area (Å²) in [5.41, 5.74) is 2.57. The average Bonchev–Trinajstić information content (AvgIpc) is 2.47. The molecular formula is C16H15NNaO4. The minimum absolute atomic E-state index is 0. The summed E-state index contributed by atoms with van der Waals surface area (Å²) in [6.45, 7) is 0. The second kappa shape index (κ2) is 8.63. The summed E-state index contributed by atoms with van der Waals surface area (Å²) < 4.78 is 0. The third-order valence-electron chi connectivity index (χ3n) is 3.02. The number of hydrogen-bond acceptors (Lipinski definition) is 2. The topological polar surface area (TPSA) is 113 Å². The Balaban J connectivity index is 0.00000147. The van der Waals surface area contributed by atoms with E-state index in [-0.39, 0.29) is 46.1 Å². The Bertz CT molecular complexity index is 762. The van der Waals surface area contributed by atoms with Crippen LogP contribution in [0.5, 0.6) is 0 Å². The Morgan fingerprint density at radius 2 is 1.50 bits per heavy atom. The molecule has 1 heterocycles. The molecule has 5 N–H and O–H groups in total. The number of benzene rings is 2. The van der Waals surface area contributed by atoms with Crippen molar-refractivity contribution >= 4 is 46.4 Å². The summed E-state index contributed by atoms with van der Waals surface area (Å²) in [7, 11) is 0. The number of fused-ring (bicyclic) bond motifs is 1. The van der Waals surface area contributed by atoms with Gasteiger partial charge in [-0.05, 0) is 12.1 Å². The van der Waals surface area contributed by atoms with Crippen LogP contribution in [0.15, 0.2) is 60.7 Å². The van der Waals surface area contributed by atoms with E-state index in [9.17, 15) is 9.90 Å². The van der Waals surface area contributed by atoms with Gasteiger partial charge in [-0.1, -0.05) is 48.5 Å². The van der Waals surface area contributed by atoms with Gasteiger partial charge in [0.2, 0.25) is 0 Å². The molecule has 0 spiro atoms. The third kappa shape index (κ3) is 3.91. The molecule has 1 aromatic heterocycles. The van der Waals surface area contributed by atoms with E-state index >= 15 is 0 Å². The number of aromatic nitrogens is 1. The van der Waals surface area contributed by atoms with E-state index in [0.29, 0.717) is 16.6 Å². The van der Waals surface area contributed by atoms with E-state index in [2.05, 4.69) is 4.98 Å². The Labute approximate surface area is 149 Å². The minimum Gasteiger partial charge on any atom is -0.478 e. The predicted molar refractivity (Wildman–Crippen MR) is 87.1 cm³/mol. The fourth-order valence-corrected chi connectivity index (χ4v) is 2.11. The molecule has 6 heteroatoms. The quantitative estimate of drug-likeness (QED) is 0.725. The molecule has 0 unspecified atom stereocenters. The largest absolute Gasteiger partial charge is 0.478 e. The van der Waals surface area contributed by atoms with Crippen LogP contribution in [0.25, 0.3) is 22.2 Å². The number of aromatic carboxylic acids is 1. The van der Waals surface area contributed by atoms with Crippen LogP contribution in [0.1, 0.15) is 10.4 Å². The Morgan fingerprint density at radius 3 is 2.14 bits per heavy atom. The molecule has 0 bridgehead atoms. The van der Waals surface area contributed by atoms with Crippen molar-refractivity contribution in [3.63, 3.8) is 0 Å². The van der Waals surface area contributed by atoms with E-state index in [0.717, 1.165) is 5.56 Å². The number of para-hydroxylation sites is 1. The first-order valence-electron chi connectivity index (χ1n) is 5.94. The Hall–Kier alpha value is -1.76. The molecule has 3 aromatic rings. The first kappa shape index (κ1) is 20.2. The van der Waals surface area contributed by atoms with Gasteiger partial charge in [0.1, 0.15) is 0 Å². The van der Waals surface area contributed by atoms with Gasteiger partial charge in [0.05, 0.1) is 16.8 Å². The molecule has 0 saturated heterocycles. The molecule has 0 aliphatic carbocycles. The molecule has 5 nitrogen and oxygen atoms in total.